The van der Waals surface area contributed by atoms with Gasteiger partial charge in [-0.15, -0.1) is 0 Å². The smallest absolute Gasteiger partial charge is 0.128 e. The summed E-state index contributed by atoms with van der Waals surface area (Å²) in [5, 5.41) is 9.11. The molecule has 76 valence electrons. The van der Waals surface area contributed by atoms with Crippen LogP contribution >= 0.6 is 22.6 Å². The van der Waals surface area contributed by atoms with Crippen LogP contribution in [0.4, 0.5) is 0 Å². The maximum Gasteiger partial charge on any atom is 0.128 e. The van der Waals surface area contributed by atoms with E-state index in [0.717, 1.165) is 15.1 Å². The Kier molecular flexibility index (Phi) is 3.11. The molecular formula is C12H9IO2. The SMILES string of the molecule is Oc1ccc(Oc2cccc(I)c2)cc1. The van der Waals surface area contributed by atoms with Crippen molar-refractivity contribution in [3.63, 3.8) is 0 Å². The molecule has 0 aliphatic heterocycles. The third kappa shape index (κ3) is 2.86. The highest BCUT2D eigenvalue weighted by Gasteiger charge is 1.97. The number of aromatic hydroxyl groups is 1. The van der Waals surface area contributed by atoms with Gasteiger partial charge < -0.3 is 9.84 Å². The van der Waals surface area contributed by atoms with Crippen LogP contribution in [0.3, 0.4) is 0 Å². The number of halogens is 1. The Bertz CT molecular complexity index is 451. The second kappa shape index (κ2) is 4.53. The standard InChI is InChI=1S/C12H9IO2/c13-9-2-1-3-12(8-9)15-11-6-4-10(14)5-7-11/h1-8,14H. The van der Waals surface area contributed by atoms with E-state index in [1.54, 1.807) is 24.3 Å². The lowest BCUT2D eigenvalue weighted by Crippen LogP contribution is -1.83. The molecule has 3 heteroatoms. The maximum absolute atomic E-state index is 9.11. The molecule has 0 aliphatic carbocycles. The van der Waals surface area contributed by atoms with Gasteiger partial charge in [0.25, 0.3) is 0 Å². The summed E-state index contributed by atoms with van der Waals surface area (Å²) in [7, 11) is 0. The van der Waals surface area contributed by atoms with Gasteiger partial charge in [-0.25, -0.2) is 0 Å². The van der Waals surface area contributed by atoms with Gasteiger partial charge in [0, 0.05) is 3.57 Å². The number of ether oxygens (including phenoxy) is 1. The number of rotatable bonds is 2. The molecule has 0 radical (unpaired) electrons. The van der Waals surface area contributed by atoms with Gasteiger partial charge in [0.15, 0.2) is 0 Å². The molecule has 2 aromatic rings. The molecule has 2 aromatic carbocycles. The zero-order valence-corrected chi connectivity index (χ0v) is 10.0. The Morgan fingerprint density at radius 3 is 2.33 bits per heavy atom. The average Bonchev–Trinajstić information content (AvgIpc) is 2.22. The normalized spacial score (nSPS) is 9.93. The molecule has 0 unspecified atom stereocenters. The highest BCUT2D eigenvalue weighted by molar-refractivity contribution is 14.1. The van der Waals surface area contributed by atoms with E-state index in [9.17, 15) is 0 Å². The van der Waals surface area contributed by atoms with E-state index in [-0.39, 0.29) is 5.75 Å². The Morgan fingerprint density at radius 2 is 1.67 bits per heavy atom. The van der Waals surface area contributed by atoms with E-state index in [1.807, 2.05) is 24.3 Å². The first-order valence-corrected chi connectivity index (χ1v) is 5.54. The molecule has 2 nitrogen and oxygen atoms in total. The fourth-order valence-electron chi connectivity index (χ4n) is 1.18. The van der Waals surface area contributed by atoms with Gasteiger partial charge in [-0.05, 0) is 65.1 Å². The van der Waals surface area contributed by atoms with Crippen molar-refractivity contribution in [1.29, 1.82) is 0 Å². The van der Waals surface area contributed by atoms with Crippen molar-refractivity contribution < 1.29 is 9.84 Å². The average molecular weight is 312 g/mol. The summed E-state index contributed by atoms with van der Waals surface area (Å²) in [5.74, 6) is 1.76. The fraction of sp³-hybridized carbons (Fsp3) is 0. The summed E-state index contributed by atoms with van der Waals surface area (Å²) in [6.45, 7) is 0. The number of hydrogen-bond acceptors (Lipinski definition) is 2. The zero-order valence-electron chi connectivity index (χ0n) is 7.85. The van der Waals surface area contributed by atoms with Crippen molar-refractivity contribution >= 4 is 22.6 Å². The molecular weight excluding hydrogens is 303 g/mol. The van der Waals surface area contributed by atoms with Crippen LogP contribution in [0.15, 0.2) is 48.5 Å². The minimum Gasteiger partial charge on any atom is -0.508 e. The number of phenols is 1. The Hall–Kier alpha value is -1.23. The van der Waals surface area contributed by atoms with E-state index in [1.165, 1.54) is 0 Å². The van der Waals surface area contributed by atoms with E-state index >= 15 is 0 Å². The van der Waals surface area contributed by atoms with Gasteiger partial charge in [-0.3, -0.25) is 0 Å². The van der Waals surface area contributed by atoms with Crippen LogP contribution in [0.5, 0.6) is 17.2 Å². The zero-order chi connectivity index (χ0) is 10.7. The van der Waals surface area contributed by atoms with Gasteiger partial charge in [-0.1, -0.05) is 6.07 Å². The van der Waals surface area contributed by atoms with E-state index in [0.29, 0.717) is 0 Å². The van der Waals surface area contributed by atoms with Gasteiger partial charge >= 0.3 is 0 Å². The molecule has 0 bridgehead atoms. The summed E-state index contributed by atoms with van der Waals surface area (Å²) < 4.78 is 6.73. The minimum atomic E-state index is 0.241. The molecule has 0 heterocycles. The fourth-order valence-corrected chi connectivity index (χ4v) is 1.70. The summed E-state index contributed by atoms with van der Waals surface area (Å²) in [6, 6.07) is 14.5. The summed E-state index contributed by atoms with van der Waals surface area (Å²) in [6.07, 6.45) is 0. The number of hydrogen-bond donors (Lipinski definition) is 1. The topological polar surface area (TPSA) is 29.5 Å². The van der Waals surface area contributed by atoms with Crippen LogP contribution in [0.25, 0.3) is 0 Å². The molecule has 0 amide bonds. The second-order valence-electron chi connectivity index (χ2n) is 3.05. The molecule has 0 atom stereocenters. The van der Waals surface area contributed by atoms with Gasteiger partial charge in [-0.2, -0.15) is 0 Å². The number of benzene rings is 2. The molecule has 0 saturated heterocycles. The molecule has 1 N–H and O–H groups in total. The molecule has 15 heavy (non-hydrogen) atoms. The first-order chi connectivity index (χ1) is 7.24. The van der Waals surface area contributed by atoms with Crippen molar-refractivity contribution in [3.8, 4) is 17.2 Å². The first kappa shape index (κ1) is 10.3. The largest absolute Gasteiger partial charge is 0.508 e. The summed E-state index contributed by atoms with van der Waals surface area (Å²) in [4.78, 5) is 0. The van der Waals surface area contributed by atoms with Crippen LogP contribution in [0, 0.1) is 3.57 Å². The van der Waals surface area contributed by atoms with E-state index in [2.05, 4.69) is 22.6 Å². The van der Waals surface area contributed by atoms with Crippen LogP contribution in [-0.4, -0.2) is 5.11 Å². The van der Waals surface area contributed by atoms with Crippen LogP contribution in [-0.2, 0) is 0 Å². The summed E-state index contributed by atoms with van der Waals surface area (Å²) >= 11 is 2.23. The van der Waals surface area contributed by atoms with Crippen LogP contribution in [0.1, 0.15) is 0 Å². The van der Waals surface area contributed by atoms with Crippen molar-refractivity contribution in [2.75, 3.05) is 0 Å². The third-order valence-electron chi connectivity index (χ3n) is 1.87. The van der Waals surface area contributed by atoms with E-state index in [4.69, 9.17) is 9.84 Å². The molecule has 0 saturated carbocycles. The van der Waals surface area contributed by atoms with E-state index < -0.39 is 0 Å². The lowest BCUT2D eigenvalue weighted by molar-refractivity contribution is 0.464. The Labute approximate surface area is 102 Å². The minimum absolute atomic E-state index is 0.241. The lowest BCUT2D eigenvalue weighted by atomic mass is 10.3. The molecule has 0 aliphatic rings. The highest BCUT2D eigenvalue weighted by atomic mass is 127. The molecule has 2 rings (SSSR count). The lowest BCUT2D eigenvalue weighted by Gasteiger charge is -2.05. The third-order valence-corrected chi connectivity index (χ3v) is 2.54. The predicted molar refractivity (Wildman–Crippen MR) is 67.3 cm³/mol. The maximum atomic E-state index is 9.11. The monoisotopic (exact) mass is 312 g/mol. The van der Waals surface area contributed by atoms with Crippen LogP contribution in [0.2, 0.25) is 0 Å². The predicted octanol–water partition coefficient (Wildman–Crippen LogP) is 3.79. The summed E-state index contributed by atoms with van der Waals surface area (Å²) in [5.41, 5.74) is 0. The van der Waals surface area contributed by atoms with Crippen molar-refractivity contribution in [3.05, 3.63) is 52.1 Å². The van der Waals surface area contributed by atoms with Gasteiger partial charge in [0.2, 0.25) is 0 Å². The quantitative estimate of drug-likeness (QED) is 0.855. The van der Waals surface area contributed by atoms with Crippen LogP contribution < -0.4 is 4.74 Å². The van der Waals surface area contributed by atoms with Crippen molar-refractivity contribution in [2.45, 2.75) is 0 Å². The molecule has 0 aromatic heterocycles. The first-order valence-electron chi connectivity index (χ1n) is 4.46. The Balaban J connectivity index is 2.18. The second-order valence-corrected chi connectivity index (χ2v) is 4.30. The Morgan fingerprint density at radius 1 is 0.933 bits per heavy atom. The van der Waals surface area contributed by atoms with Crippen molar-refractivity contribution in [2.24, 2.45) is 0 Å². The van der Waals surface area contributed by atoms with Gasteiger partial charge in [0.1, 0.15) is 17.2 Å². The van der Waals surface area contributed by atoms with Crippen molar-refractivity contribution in [1.82, 2.24) is 0 Å². The molecule has 0 spiro atoms. The molecule has 0 fully saturated rings. The highest BCUT2D eigenvalue weighted by Crippen LogP contribution is 2.24. The van der Waals surface area contributed by atoms with Gasteiger partial charge in [0.05, 0.1) is 0 Å². The number of phenolic OH excluding ortho intramolecular Hbond substituents is 1.